The van der Waals surface area contributed by atoms with E-state index in [1.807, 2.05) is 0 Å². The Morgan fingerprint density at radius 2 is 2.05 bits per heavy atom. The van der Waals surface area contributed by atoms with Gasteiger partial charge in [-0.1, -0.05) is 30.5 Å². The van der Waals surface area contributed by atoms with Gasteiger partial charge >= 0.3 is 0 Å². The zero-order valence-electron chi connectivity index (χ0n) is 11.6. The second-order valence-electron chi connectivity index (χ2n) is 5.52. The first kappa shape index (κ1) is 14.4. The summed E-state index contributed by atoms with van der Waals surface area (Å²) in [7, 11) is 4.19. The number of carbonyl (C=O) groups is 1. The molecule has 0 saturated heterocycles. The molecule has 0 radical (unpaired) electrons. The van der Waals surface area contributed by atoms with E-state index in [1.54, 1.807) is 24.3 Å². The molecule has 19 heavy (non-hydrogen) atoms. The molecule has 104 valence electrons. The van der Waals surface area contributed by atoms with Crippen LogP contribution in [0.5, 0.6) is 0 Å². The number of carbonyl (C=O) groups excluding carboxylic acids is 1. The van der Waals surface area contributed by atoms with Gasteiger partial charge in [-0.3, -0.25) is 4.79 Å². The highest BCUT2D eigenvalue weighted by Gasteiger charge is 2.36. The van der Waals surface area contributed by atoms with Crippen molar-refractivity contribution in [3.05, 3.63) is 34.9 Å². The van der Waals surface area contributed by atoms with Crippen molar-refractivity contribution in [3.63, 3.8) is 0 Å². The molecule has 1 fully saturated rings. The molecular formula is C15H21ClN2O. The van der Waals surface area contributed by atoms with Gasteiger partial charge in [0.15, 0.2) is 0 Å². The molecular weight excluding hydrogens is 260 g/mol. The van der Waals surface area contributed by atoms with E-state index in [-0.39, 0.29) is 11.4 Å². The maximum Gasteiger partial charge on any atom is 0.251 e. The number of hydrogen-bond acceptors (Lipinski definition) is 2. The van der Waals surface area contributed by atoms with Crippen molar-refractivity contribution in [2.75, 3.05) is 20.6 Å². The lowest BCUT2D eigenvalue weighted by molar-refractivity contribution is 0.0900. The molecule has 0 spiro atoms. The SMILES string of the molecule is CN(C)C1(CNC(=O)c2cccc(Cl)c2)CCCC1. The standard InChI is InChI=1S/C15H21ClN2O/c1-18(2)15(8-3-4-9-15)11-17-14(19)12-6-5-7-13(16)10-12/h5-7,10H,3-4,8-9,11H2,1-2H3,(H,17,19). The smallest absolute Gasteiger partial charge is 0.251 e. The van der Waals surface area contributed by atoms with Gasteiger partial charge in [0.25, 0.3) is 5.91 Å². The van der Waals surface area contributed by atoms with Crippen LogP contribution >= 0.6 is 11.6 Å². The van der Waals surface area contributed by atoms with Crippen LogP contribution in [-0.4, -0.2) is 37.0 Å². The Morgan fingerprint density at radius 3 is 2.63 bits per heavy atom. The summed E-state index contributed by atoms with van der Waals surface area (Å²) in [4.78, 5) is 14.4. The number of amides is 1. The Balaban J connectivity index is 2.00. The van der Waals surface area contributed by atoms with Crippen LogP contribution in [0.2, 0.25) is 5.02 Å². The molecule has 3 nitrogen and oxygen atoms in total. The third-order valence-electron chi connectivity index (χ3n) is 4.15. The molecule has 0 heterocycles. The number of likely N-dealkylation sites (N-methyl/N-ethyl adjacent to an activating group) is 1. The molecule has 4 heteroatoms. The first-order valence-corrected chi connectivity index (χ1v) is 7.12. The van der Waals surface area contributed by atoms with Crippen LogP contribution in [0, 0.1) is 0 Å². The average Bonchev–Trinajstić information content (AvgIpc) is 2.86. The summed E-state index contributed by atoms with van der Waals surface area (Å²) in [6.07, 6.45) is 4.78. The minimum absolute atomic E-state index is 0.0457. The van der Waals surface area contributed by atoms with Crippen molar-refractivity contribution in [1.82, 2.24) is 10.2 Å². The van der Waals surface area contributed by atoms with Crippen LogP contribution in [0.1, 0.15) is 36.0 Å². The second kappa shape index (κ2) is 5.93. The Bertz CT molecular complexity index is 453. The van der Waals surface area contributed by atoms with Crippen LogP contribution in [0.3, 0.4) is 0 Å². The number of halogens is 1. The Hall–Kier alpha value is -1.06. The predicted molar refractivity (Wildman–Crippen MR) is 78.7 cm³/mol. The summed E-state index contributed by atoms with van der Waals surface area (Å²) in [5.41, 5.74) is 0.744. The fourth-order valence-electron chi connectivity index (χ4n) is 2.79. The van der Waals surface area contributed by atoms with E-state index in [4.69, 9.17) is 11.6 Å². The Kier molecular flexibility index (Phi) is 4.48. The fraction of sp³-hybridized carbons (Fsp3) is 0.533. The summed E-state index contributed by atoms with van der Waals surface area (Å²) in [5, 5.41) is 3.64. The van der Waals surface area contributed by atoms with Gasteiger partial charge in [-0.25, -0.2) is 0 Å². The molecule has 1 saturated carbocycles. The van der Waals surface area contributed by atoms with Crippen molar-refractivity contribution in [2.45, 2.75) is 31.2 Å². The van der Waals surface area contributed by atoms with Crippen LogP contribution < -0.4 is 5.32 Å². The molecule has 0 aromatic heterocycles. The molecule has 1 N–H and O–H groups in total. The monoisotopic (exact) mass is 280 g/mol. The van der Waals surface area contributed by atoms with E-state index >= 15 is 0 Å². The predicted octanol–water partition coefficient (Wildman–Crippen LogP) is 2.94. The summed E-state index contributed by atoms with van der Waals surface area (Å²) in [5.74, 6) is -0.0457. The molecule has 0 bridgehead atoms. The van der Waals surface area contributed by atoms with Crippen molar-refractivity contribution < 1.29 is 4.79 Å². The highest BCUT2D eigenvalue weighted by molar-refractivity contribution is 6.30. The molecule has 0 atom stereocenters. The molecule has 1 aromatic rings. The van der Waals surface area contributed by atoms with E-state index in [0.717, 1.165) is 12.8 Å². The lowest BCUT2D eigenvalue weighted by atomic mass is 9.96. The van der Waals surface area contributed by atoms with Gasteiger partial charge in [-0.15, -0.1) is 0 Å². The summed E-state index contributed by atoms with van der Waals surface area (Å²) in [6.45, 7) is 0.700. The van der Waals surface area contributed by atoms with E-state index in [9.17, 15) is 4.79 Å². The second-order valence-corrected chi connectivity index (χ2v) is 5.96. The molecule has 1 aliphatic rings. The van der Waals surface area contributed by atoms with Crippen LogP contribution in [0.15, 0.2) is 24.3 Å². The maximum absolute atomic E-state index is 12.1. The minimum Gasteiger partial charge on any atom is -0.350 e. The zero-order chi connectivity index (χ0) is 13.9. The van der Waals surface area contributed by atoms with Gasteiger partial charge in [0.1, 0.15) is 0 Å². The summed E-state index contributed by atoms with van der Waals surface area (Å²) >= 11 is 5.91. The van der Waals surface area contributed by atoms with Gasteiger partial charge in [0, 0.05) is 22.7 Å². The quantitative estimate of drug-likeness (QED) is 0.920. The van der Waals surface area contributed by atoms with E-state index in [0.29, 0.717) is 17.1 Å². The van der Waals surface area contributed by atoms with E-state index in [2.05, 4.69) is 24.3 Å². The van der Waals surface area contributed by atoms with Crippen LogP contribution in [-0.2, 0) is 0 Å². The van der Waals surface area contributed by atoms with Gasteiger partial charge in [-0.2, -0.15) is 0 Å². The lowest BCUT2D eigenvalue weighted by Gasteiger charge is -2.36. The molecule has 2 rings (SSSR count). The first-order chi connectivity index (χ1) is 9.03. The van der Waals surface area contributed by atoms with Crippen molar-refractivity contribution in [1.29, 1.82) is 0 Å². The average molecular weight is 281 g/mol. The number of hydrogen-bond donors (Lipinski definition) is 1. The van der Waals surface area contributed by atoms with Crippen LogP contribution in [0.25, 0.3) is 0 Å². The summed E-state index contributed by atoms with van der Waals surface area (Å²) < 4.78 is 0. The van der Waals surface area contributed by atoms with Gasteiger partial charge in [0.2, 0.25) is 0 Å². The van der Waals surface area contributed by atoms with Gasteiger partial charge in [-0.05, 0) is 45.1 Å². The van der Waals surface area contributed by atoms with E-state index < -0.39 is 0 Å². The minimum atomic E-state index is -0.0457. The van der Waals surface area contributed by atoms with Crippen molar-refractivity contribution >= 4 is 17.5 Å². The number of benzene rings is 1. The van der Waals surface area contributed by atoms with E-state index in [1.165, 1.54) is 12.8 Å². The Morgan fingerprint density at radius 1 is 1.37 bits per heavy atom. The number of rotatable bonds is 4. The Labute approximate surface area is 119 Å². The highest BCUT2D eigenvalue weighted by atomic mass is 35.5. The molecule has 1 aliphatic carbocycles. The molecule has 0 unspecified atom stereocenters. The first-order valence-electron chi connectivity index (χ1n) is 6.75. The molecule has 0 aliphatic heterocycles. The van der Waals surface area contributed by atoms with Crippen molar-refractivity contribution in [2.24, 2.45) is 0 Å². The third kappa shape index (κ3) is 3.28. The molecule has 1 aromatic carbocycles. The molecule has 1 amide bonds. The topological polar surface area (TPSA) is 32.3 Å². The number of nitrogens with one attached hydrogen (secondary N) is 1. The third-order valence-corrected chi connectivity index (χ3v) is 4.38. The normalized spacial score (nSPS) is 17.7. The number of nitrogens with zero attached hydrogens (tertiary/aromatic N) is 1. The fourth-order valence-corrected chi connectivity index (χ4v) is 2.98. The summed E-state index contributed by atoms with van der Waals surface area (Å²) in [6, 6.07) is 7.07. The van der Waals surface area contributed by atoms with Crippen LogP contribution in [0.4, 0.5) is 0 Å². The lowest BCUT2D eigenvalue weighted by Crippen LogP contribution is -2.50. The van der Waals surface area contributed by atoms with Gasteiger partial charge < -0.3 is 10.2 Å². The highest BCUT2D eigenvalue weighted by Crippen LogP contribution is 2.33. The van der Waals surface area contributed by atoms with Gasteiger partial charge in [0.05, 0.1) is 0 Å². The zero-order valence-corrected chi connectivity index (χ0v) is 12.3. The maximum atomic E-state index is 12.1. The van der Waals surface area contributed by atoms with Crippen molar-refractivity contribution in [3.8, 4) is 0 Å². The largest absolute Gasteiger partial charge is 0.350 e.